The van der Waals surface area contributed by atoms with E-state index < -0.39 is 0 Å². The van der Waals surface area contributed by atoms with Gasteiger partial charge in [0.1, 0.15) is 12.4 Å². The number of benzene rings is 1. The van der Waals surface area contributed by atoms with Crippen molar-refractivity contribution in [3.63, 3.8) is 0 Å². The van der Waals surface area contributed by atoms with E-state index >= 15 is 0 Å². The summed E-state index contributed by atoms with van der Waals surface area (Å²) < 4.78 is 7.50. The molecule has 0 aliphatic carbocycles. The molecule has 0 saturated heterocycles. The molecular formula is C18H18N4O2S. The van der Waals surface area contributed by atoms with Gasteiger partial charge in [-0.15, -0.1) is 11.3 Å². The van der Waals surface area contributed by atoms with Crippen LogP contribution in [0, 0.1) is 6.92 Å². The highest BCUT2D eigenvalue weighted by Crippen LogP contribution is 2.17. The molecule has 0 radical (unpaired) electrons. The lowest BCUT2D eigenvalue weighted by molar-refractivity contribution is -0.111. The van der Waals surface area contributed by atoms with Crippen molar-refractivity contribution in [3.8, 4) is 5.75 Å². The second-order valence-corrected chi connectivity index (χ2v) is 6.32. The van der Waals surface area contributed by atoms with Crippen LogP contribution < -0.4 is 10.1 Å². The first-order valence-corrected chi connectivity index (χ1v) is 8.68. The molecule has 1 N–H and O–H groups in total. The molecule has 0 atom stereocenters. The molecule has 25 heavy (non-hydrogen) atoms. The van der Waals surface area contributed by atoms with Gasteiger partial charge in [-0.3, -0.25) is 9.48 Å². The molecule has 1 amide bonds. The molecule has 0 fully saturated rings. The standard InChI is InChI=1S/C18H18N4O2S/c1-14-20-16(13-25-14)6-7-18(23)21-15-4-2-5-17(12-15)24-11-10-22-9-3-8-19-22/h2-9,12-13H,10-11H2,1H3,(H,21,23)/b7-6+. The van der Waals surface area contributed by atoms with Crippen molar-refractivity contribution in [3.05, 3.63) is 64.9 Å². The Labute approximate surface area is 149 Å². The zero-order valence-corrected chi connectivity index (χ0v) is 14.6. The van der Waals surface area contributed by atoms with Gasteiger partial charge in [-0.2, -0.15) is 5.10 Å². The summed E-state index contributed by atoms with van der Waals surface area (Å²) in [6.07, 6.45) is 6.79. The molecule has 0 bridgehead atoms. The number of thiazole rings is 1. The zero-order valence-electron chi connectivity index (χ0n) is 13.8. The van der Waals surface area contributed by atoms with Crippen molar-refractivity contribution in [2.45, 2.75) is 13.5 Å². The SMILES string of the molecule is Cc1nc(/C=C/C(=O)Nc2cccc(OCCn3cccn3)c2)cs1. The van der Waals surface area contributed by atoms with Crippen LogP contribution in [0.5, 0.6) is 5.75 Å². The lowest BCUT2D eigenvalue weighted by Crippen LogP contribution is -2.10. The van der Waals surface area contributed by atoms with Crippen LogP contribution in [0.15, 0.2) is 54.2 Å². The number of carbonyl (C=O) groups excluding carboxylic acids is 1. The van der Waals surface area contributed by atoms with Gasteiger partial charge in [-0.25, -0.2) is 4.98 Å². The summed E-state index contributed by atoms with van der Waals surface area (Å²) in [4.78, 5) is 16.3. The van der Waals surface area contributed by atoms with Crippen LogP contribution >= 0.6 is 11.3 Å². The summed E-state index contributed by atoms with van der Waals surface area (Å²) in [5.74, 6) is 0.489. The summed E-state index contributed by atoms with van der Waals surface area (Å²) in [6.45, 7) is 3.10. The smallest absolute Gasteiger partial charge is 0.248 e. The maximum Gasteiger partial charge on any atom is 0.248 e. The normalized spacial score (nSPS) is 10.9. The van der Waals surface area contributed by atoms with E-state index in [4.69, 9.17) is 4.74 Å². The lowest BCUT2D eigenvalue weighted by atomic mass is 10.3. The summed E-state index contributed by atoms with van der Waals surface area (Å²) in [6, 6.07) is 9.18. The first kappa shape index (κ1) is 16.9. The van der Waals surface area contributed by atoms with Crippen LogP contribution in [0.4, 0.5) is 5.69 Å². The van der Waals surface area contributed by atoms with E-state index in [2.05, 4.69) is 15.4 Å². The third-order valence-electron chi connectivity index (χ3n) is 3.29. The van der Waals surface area contributed by atoms with Gasteiger partial charge in [0.05, 0.1) is 17.2 Å². The Morgan fingerprint density at radius 3 is 3.08 bits per heavy atom. The molecule has 2 heterocycles. The number of hydrogen-bond acceptors (Lipinski definition) is 5. The Balaban J connectivity index is 1.52. The average molecular weight is 354 g/mol. The molecule has 1 aromatic carbocycles. The van der Waals surface area contributed by atoms with Gasteiger partial charge in [0, 0.05) is 35.6 Å². The summed E-state index contributed by atoms with van der Waals surface area (Å²) in [5.41, 5.74) is 1.47. The van der Waals surface area contributed by atoms with E-state index in [-0.39, 0.29) is 5.91 Å². The molecule has 3 aromatic rings. The highest BCUT2D eigenvalue weighted by Gasteiger charge is 2.01. The minimum Gasteiger partial charge on any atom is -0.492 e. The molecule has 0 aliphatic heterocycles. The van der Waals surface area contributed by atoms with Crippen LogP contribution in [-0.4, -0.2) is 27.3 Å². The first-order valence-electron chi connectivity index (χ1n) is 7.80. The number of aromatic nitrogens is 3. The number of aryl methyl sites for hydroxylation is 1. The van der Waals surface area contributed by atoms with Crippen molar-refractivity contribution in [1.82, 2.24) is 14.8 Å². The van der Waals surface area contributed by atoms with E-state index in [1.54, 1.807) is 34.4 Å². The van der Waals surface area contributed by atoms with Crippen molar-refractivity contribution in [1.29, 1.82) is 0 Å². The molecule has 2 aromatic heterocycles. The first-order chi connectivity index (χ1) is 12.2. The van der Waals surface area contributed by atoms with E-state index in [1.807, 2.05) is 42.8 Å². The molecule has 0 spiro atoms. The summed E-state index contributed by atoms with van der Waals surface area (Å²) in [5, 5.41) is 9.82. The number of nitrogens with zero attached hydrogens (tertiary/aromatic N) is 3. The number of anilines is 1. The van der Waals surface area contributed by atoms with E-state index in [0.717, 1.165) is 10.7 Å². The molecule has 0 unspecified atom stereocenters. The van der Waals surface area contributed by atoms with Gasteiger partial charge in [-0.05, 0) is 31.2 Å². The minimum absolute atomic E-state index is 0.209. The fraction of sp³-hybridized carbons (Fsp3) is 0.167. The second-order valence-electron chi connectivity index (χ2n) is 5.26. The highest BCUT2D eigenvalue weighted by atomic mass is 32.1. The Morgan fingerprint density at radius 2 is 2.32 bits per heavy atom. The Bertz CT molecular complexity index is 856. The fourth-order valence-electron chi connectivity index (χ4n) is 2.16. The number of amides is 1. The molecule has 7 heteroatoms. The topological polar surface area (TPSA) is 69.0 Å². The molecule has 3 rings (SSSR count). The van der Waals surface area contributed by atoms with Crippen LogP contribution in [0.1, 0.15) is 10.7 Å². The molecule has 6 nitrogen and oxygen atoms in total. The highest BCUT2D eigenvalue weighted by molar-refractivity contribution is 7.09. The minimum atomic E-state index is -0.209. The van der Waals surface area contributed by atoms with Crippen molar-refractivity contribution < 1.29 is 9.53 Å². The van der Waals surface area contributed by atoms with Crippen molar-refractivity contribution >= 4 is 29.0 Å². The number of carbonyl (C=O) groups is 1. The van der Waals surface area contributed by atoms with Crippen molar-refractivity contribution in [2.24, 2.45) is 0 Å². The van der Waals surface area contributed by atoms with E-state index in [9.17, 15) is 4.79 Å². The maximum atomic E-state index is 12.0. The third-order valence-corrected chi connectivity index (χ3v) is 4.08. The third kappa shape index (κ3) is 5.29. The second kappa shape index (κ2) is 8.25. The Morgan fingerprint density at radius 1 is 1.40 bits per heavy atom. The zero-order chi connectivity index (χ0) is 17.5. The lowest BCUT2D eigenvalue weighted by Gasteiger charge is -2.08. The number of rotatable bonds is 7. The number of ether oxygens (including phenoxy) is 1. The van der Waals surface area contributed by atoms with Gasteiger partial charge >= 0.3 is 0 Å². The summed E-state index contributed by atoms with van der Waals surface area (Å²) in [7, 11) is 0. The van der Waals surface area contributed by atoms with Crippen molar-refractivity contribution in [2.75, 3.05) is 11.9 Å². The fourth-order valence-corrected chi connectivity index (χ4v) is 2.74. The van der Waals surface area contributed by atoms with Crippen LogP contribution in [0.25, 0.3) is 6.08 Å². The maximum absolute atomic E-state index is 12.0. The van der Waals surface area contributed by atoms with Gasteiger partial charge in [0.25, 0.3) is 0 Å². The van der Waals surface area contributed by atoms with E-state index in [0.29, 0.717) is 24.6 Å². The molecule has 0 aliphatic rings. The van der Waals surface area contributed by atoms with Gasteiger partial charge in [0.2, 0.25) is 5.91 Å². The average Bonchev–Trinajstić information content (AvgIpc) is 3.25. The van der Waals surface area contributed by atoms with Crippen LogP contribution in [-0.2, 0) is 11.3 Å². The number of nitrogens with one attached hydrogen (secondary N) is 1. The monoisotopic (exact) mass is 354 g/mol. The summed E-state index contributed by atoms with van der Waals surface area (Å²) >= 11 is 1.55. The van der Waals surface area contributed by atoms with Gasteiger partial charge < -0.3 is 10.1 Å². The predicted molar refractivity (Wildman–Crippen MR) is 98.7 cm³/mol. The van der Waals surface area contributed by atoms with Crippen LogP contribution in [0.3, 0.4) is 0 Å². The quantitative estimate of drug-likeness (QED) is 0.661. The Hall–Kier alpha value is -2.93. The van der Waals surface area contributed by atoms with Gasteiger partial charge in [0.15, 0.2) is 0 Å². The molecule has 0 saturated carbocycles. The van der Waals surface area contributed by atoms with Gasteiger partial charge in [-0.1, -0.05) is 6.07 Å². The Kier molecular flexibility index (Phi) is 5.58. The molecule has 128 valence electrons. The predicted octanol–water partition coefficient (Wildman–Crippen LogP) is 3.38. The largest absolute Gasteiger partial charge is 0.492 e. The molecular weight excluding hydrogens is 336 g/mol. The number of hydrogen-bond donors (Lipinski definition) is 1. The van der Waals surface area contributed by atoms with Crippen LogP contribution in [0.2, 0.25) is 0 Å². The van der Waals surface area contributed by atoms with E-state index in [1.165, 1.54) is 6.08 Å².